The van der Waals surface area contributed by atoms with Gasteiger partial charge in [-0.05, 0) is 44.9 Å². The van der Waals surface area contributed by atoms with Crippen LogP contribution in [0.15, 0.2) is 23.2 Å². The van der Waals surface area contributed by atoms with Gasteiger partial charge < -0.3 is 15.1 Å². The van der Waals surface area contributed by atoms with Crippen LogP contribution >= 0.6 is 0 Å². The summed E-state index contributed by atoms with van der Waals surface area (Å²) in [5.74, 6) is 0.980. The van der Waals surface area contributed by atoms with Crippen molar-refractivity contribution in [1.82, 2.24) is 15.1 Å². The second kappa shape index (κ2) is 9.14. The summed E-state index contributed by atoms with van der Waals surface area (Å²) in [7, 11) is -1.28. The Morgan fingerprint density at radius 3 is 2.47 bits per heavy atom. The van der Waals surface area contributed by atoms with Crippen molar-refractivity contribution in [1.29, 1.82) is 0 Å². The quantitative estimate of drug-likeness (QED) is 0.571. The van der Waals surface area contributed by atoms with Gasteiger partial charge in [0.25, 0.3) is 0 Å². The fourth-order valence-electron chi connectivity index (χ4n) is 4.27. The number of sulfone groups is 1. The fourth-order valence-corrected chi connectivity index (χ4v) is 5.64. The normalized spacial score (nSPS) is 22.2. The van der Waals surface area contributed by atoms with E-state index in [9.17, 15) is 8.42 Å². The lowest BCUT2D eigenvalue weighted by molar-refractivity contribution is 0.259. The first-order chi connectivity index (χ1) is 14.1. The summed E-state index contributed by atoms with van der Waals surface area (Å²) in [6, 6.07) is 6.54. The van der Waals surface area contributed by atoms with Crippen LogP contribution in [0.2, 0.25) is 0 Å². The molecule has 0 radical (unpaired) electrons. The predicted octanol–water partition coefficient (Wildman–Crippen LogP) is 1.51. The van der Waals surface area contributed by atoms with E-state index in [1.54, 1.807) is 20.9 Å². The maximum atomic E-state index is 12.3. The lowest BCUT2D eigenvalue weighted by atomic mass is 10.1. The van der Waals surface area contributed by atoms with Gasteiger partial charge in [0, 0.05) is 65.1 Å². The predicted molar refractivity (Wildman–Crippen MR) is 125 cm³/mol. The number of rotatable bonds is 4. The van der Waals surface area contributed by atoms with Gasteiger partial charge in [-0.3, -0.25) is 9.89 Å². The van der Waals surface area contributed by atoms with E-state index in [1.165, 1.54) is 16.8 Å². The molecule has 2 fully saturated rings. The molecular weight excluding hydrogens is 398 g/mol. The fraction of sp³-hybridized carbons (Fsp3) is 0.682. The molecule has 0 amide bonds. The molecule has 1 aromatic rings. The molecular formula is C22H37N5O2S. The van der Waals surface area contributed by atoms with Gasteiger partial charge in [0.1, 0.15) is 0 Å². The van der Waals surface area contributed by atoms with E-state index < -0.39 is 14.6 Å². The van der Waals surface area contributed by atoms with Crippen LogP contribution in [0.25, 0.3) is 0 Å². The van der Waals surface area contributed by atoms with Crippen LogP contribution in [0.3, 0.4) is 0 Å². The number of hydrogen-bond acceptors (Lipinski definition) is 5. The SMILES string of the molecule is CN=C(NCCN1CCN(c2cccc(C)c2C)CC1)N1CCS(=O)(=O)C(C)(C)C1. The summed E-state index contributed by atoms with van der Waals surface area (Å²) < 4.78 is 23.8. The van der Waals surface area contributed by atoms with Gasteiger partial charge in [-0.2, -0.15) is 0 Å². The zero-order valence-electron chi connectivity index (χ0n) is 19.1. The van der Waals surface area contributed by atoms with Crippen LogP contribution < -0.4 is 10.2 Å². The van der Waals surface area contributed by atoms with E-state index in [2.05, 4.69) is 57.1 Å². The van der Waals surface area contributed by atoms with Gasteiger partial charge in [0.2, 0.25) is 0 Å². The molecule has 1 aromatic carbocycles. The van der Waals surface area contributed by atoms with Crippen molar-refractivity contribution in [3.8, 4) is 0 Å². The number of nitrogens with one attached hydrogen (secondary N) is 1. The molecule has 0 bridgehead atoms. The average molecular weight is 436 g/mol. The third-order valence-electron chi connectivity index (χ3n) is 6.55. The number of anilines is 1. The monoisotopic (exact) mass is 435 g/mol. The molecule has 2 saturated heterocycles. The Kier molecular flexibility index (Phi) is 6.97. The Labute approximate surface area is 182 Å². The summed E-state index contributed by atoms with van der Waals surface area (Å²) in [6.07, 6.45) is 0. The summed E-state index contributed by atoms with van der Waals surface area (Å²) in [5, 5.41) is 3.44. The number of piperazine rings is 1. The van der Waals surface area contributed by atoms with Gasteiger partial charge in [-0.25, -0.2) is 8.42 Å². The Hall–Kier alpha value is -1.80. The number of benzene rings is 1. The van der Waals surface area contributed by atoms with Crippen LogP contribution in [-0.4, -0.2) is 94.1 Å². The lowest BCUT2D eigenvalue weighted by Gasteiger charge is -2.39. The molecule has 30 heavy (non-hydrogen) atoms. The highest BCUT2D eigenvalue weighted by atomic mass is 32.2. The number of aryl methyl sites for hydroxylation is 1. The van der Waals surface area contributed by atoms with Gasteiger partial charge in [-0.15, -0.1) is 0 Å². The highest BCUT2D eigenvalue weighted by Crippen LogP contribution is 2.24. The average Bonchev–Trinajstić information content (AvgIpc) is 2.70. The van der Waals surface area contributed by atoms with Crippen LogP contribution in [-0.2, 0) is 9.84 Å². The molecule has 0 aromatic heterocycles. The van der Waals surface area contributed by atoms with Crippen LogP contribution in [0, 0.1) is 13.8 Å². The van der Waals surface area contributed by atoms with Crippen molar-refractivity contribution in [2.24, 2.45) is 4.99 Å². The molecule has 0 unspecified atom stereocenters. The molecule has 8 heteroatoms. The van der Waals surface area contributed by atoms with E-state index in [-0.39, 0.29) is 5.75 Å². The minimum Gasteiger partial charge on any atom is -0.369 e. The van der Waals surface area contributed by atoms with E-state index in [4.69, 9.17) is 0 Å². The van der Waals surface area contributed by atoms with E-state index >= 15 is 0 Å². The molecule has 0 saturated carbocycles. The maximum absolute atomic E-state index is 12.3. The topological polar surface area (TPSA) is 68.2 Å². The zero-order chi connectivity index (χ0) is 21.9. The molecule has 2 aliphatic heterocycles. The van der Waals surface area contributed by atoms with Crippen molar-refractivity contribution < 1.29 is 8.42 Å². The molecule has 0 atom stereocenters. The van der Waals surface area contributed by atoms with Crippen molar-refractivity contribution >= 4 is 21.5 Å². The highest BCUT2D eigenvalue weighted by molar-refractivity contribution is 7.92. The first-order valence-electron chi connectivity index (χ1n) is 10.9. The van der Waals surface area contributed by atoms with E-state index in [0.29, 0.717) is 13.1 Å². The van der Waals surface area contributed by atoms with Crippen molar-refractivity contribution in [3.63, 3.8) is 0 Å². The third-order valence-corrected chi connectivity index (χ3v) is 9.09. The summed E-state index contributed by atoms with van der Waals surface area (Å²) in [6.45, 7) is 14.9. The molecule has 7 nitrogen and oxygen atoms in total. The largest absolute Gasteiger partial charge is 0.369 e. The summed E-state index contributed by atoms with van der Waals surface area (Å²) in [4.78, 5) is 11.4. The maximum Gasteiger partial charge on any atom is 0.193 e. The molecule has 168 valence electrons. The number of nitrogens with zero attached hydrogens (tertiary/aromatic N) is 4. The summed E-state index contributed by atoms with van der Waals surface area (Å²) >= 11 is 0. The summed E-state index contributed by atoms with van der Waals surface area (Å²) in [5.41, 5.74) is 4.08. The zero-order valence-corrected chi connectivity index (χ0v) is 19.9. The molecule has 0 spiro atoms. The van der Waals surface area contributed by atoms with Gasteiger partial charge >= 0.3 is 0 Å². The smallest absolute Gasteiger partial charge is 0.193 e. The van der Waals surface area contributed by atoms with E-state index in [1.807, 2.05) is 0 Å². The first kappa shape index (κ1) is 22.9. The Morgan fingerprint density at radius 1 is 1.13 bits per heavy atom. The van der Waals surface area contributed by atoms with Gasteiger partial charge in [-0.1, -0.05) is 12.1 Å². The van der Waals surface area contributed by atoms with Crippen LogP contribution in [0.5, 0.6) is 0 Å². The van der Waals surface area contributed by atoms with E-state index in [0.717, 1.165) is 45.2 Å². The Balaban J connectivity index is 1.46. The number of aliphatic imine (C=N–C) groups is 1. The Bertz CT molecular complexity index is 874. The van der Waals surface area contributed by atoms with Gasteiger partial charge in [0.15, 0.2) is 15.8 Å². The minimum atomic E-state index is -3.04. The second-order valence-corrected chi connectivity index (χ2v) is 11.8. The minimum absolute atomic E-state index is 0.182. The molecule has 3 rings (SSSR count). The third kappa shape index (κ3) is 4.91. The molecule has 1 N–H and O–H groups in total. The standard InChI is InChI=1S/C22H37N5O2S/c1-18-7-6-8-20(19(18)2)26-13-11-25(12-14-26)10-9-24-21(23-5)27-15-16-30(28,29)22(3,4)17-27/h6-8H,9-17H2,1-5H3,(H,23,24). The second-order valence-electron chi connectivity index (χ2n) is 9.02. The molecule has 2 aliphatic rings. The van der Waals surface area contributed by atoms with Gasteiger partial charge in [0.05, 0.1) is 10.5 Å². The lowest BCUT2D eigenvalue weighted by Crippen LogP contribution is -2.58. The van der Waals surface area contributed by atoms with Crippen molar-refractivity contribution in [2.45, 2.75) is 32.4 Å². The molecule has 0 aliphatic carbocycles. The highest BCUT2D eigenvalue weighted by Gasteiger charge is 2.40. The number of hydrogen-bond donors (Lipinski definition) is 1. The molecule has 2 heterocycles. The van der Waals surface area contributed by atoms with Crippen LogP contribution in [0.1, 0.15) is 25.0 Å². The van der Waals surface area contributed by atoms with Crippen LogP contribution in [0.4, 0.5) is 5.69 Å². The Morgan fingerprint density at radius 2 is 1.83 bits per heavy atom. The first-order valence-corrected chi connectivity index (χ1v) is 12.5. The van der Waals surface area contributed by atoms with Crippen molar-refractivity contribution in [2.75, 3.05) is 70.1 Å². The van der Waals surface area contributed by atoms with Crippen molar-refractivity contribution in [3.05, 3.63) is 29.3 Å². The number of guanidine groups is 1.